The maximum Gasteiger partial charge on any atom is 0.329 e. The Morgan fingerprint density at radius 3 is 2.59 bits per heavy atom. The second kappa shape index (κ2) is 17.0. The van der Waals surface area contributed by atoms with Gasteiger partial charge in [-0.05, 0) is 81.5 Å². The van der Waals surface area contributed by atoms with E-state index < -0.39 is 30.0 Å². The first-order valence-electron chi connectivity index (χ1n) is 22.0. The highest BCUT2D eigenvalue weighted by atomic mass is 19.3. The summed E-state index contributed by atoms with van der Waals surface area (Å²) >= 11 is 0. The number of imidazole rings is 1. The molecule has 1 unspecified atom stereocenters. The molecule has 18 heteroatoms. The van der Waals surface area contributed by atoms with Crippen molar-refractivity contribution in [3.05, 3.63) is 76.2 Å². The van der Waals surface area contributed by atoms with Crippen LogP contribution in [0.3, 0.4) is 0 Å². The second-order valence-corrected chi connectivity index (χ2v) is 17.5. The number of benzene rings is 1. The Labute approximate surface area is 361 Å². The van der Waals surface area contributed by atoms with Crippen LogP contribution in [0.1, 0.15) is 97.9 Å². The summed E-state index contributed by atoms with van der Waals surface area (Å²) in [5, 5.41) is 9.37. The molecular weight excluding hydrogens is 815 g/mol. The largest absolute Gasteiger partial charge is 0.374 e. The highest BCUT2D eigenvalue weighted by Gasteiger charge is 2.40. The van der Waals surface area contributed by atoms with Crippen molar-refractivity contribution in [2.45, 2.75) is 94.5 Å². The molecule has 0 radical (unpaired) electrons. The van der Waals surface area contributed by atoms with Gasteiger partial charge in [0.15, 0.2) is 11.3 Å². The van der Waals surface area contributed by atoms with Crippen molar-refractivity contribution in [3.63, 3.8) is 0 Å². The number of carbonyl (C=O) groups excluding carboxylic acids is 3. The number of imide groups is 1. The van der Waals surface area contributed by atoms with Gasteiger partial charge >= 0.3 is 5.69 Å². The Kier molecular flexibility index (Phi) is 11.1. The van der Waals surface area contributed by atoms with Crippen molar-refractivity contribution in [2.24, 2.45) is 13.0 Å². The fourth-order valence-electron chi connectivity index (χ4n) is 10.3. The minimum atomic E-state index is -2.85. The molecule has 16 nitrogen and oxygen atoms in total. The highest BCUT2D eigenvalue weighted by molar-refractivity contribution is 6.08. The van der Waals surface area contributed by atoms with Crippen LogP contribution >= 0.6 is 0 Å². The molecule has 330 valence electrons. The lowest BCUT2D eigenvalue weighted by Crippen LogP contribution is -2.44. The minimum absolute atomic E-state index is 0.0174. The summed E-state index contributed by atoms with van der Waals surface area (Å²) in [7, 11) is 1.66. The van der Waals surface area contributed by atoms with E-state index in [-0.39, 0.29) is 61.0 Å². The topological polar surface area (TPSA) is 162 Å². The van der Waals surface area contributed by atoms with Crippen LogP contribution in [0.4, 0.5) is 20.3 Å². The molecule has 2 bridgehead atoms. The summed E-state index contributed by atoms with van der Waals surface area (Å²) in [6.07, 6.45) is 9.29. The lowest BCUT2D eigenvalue weighted by molar-refractivity contribution is -0.135. The van der Waals surface area contributed by atoms with Crippen molar-refractivity contribution in [2.75, 3.05) is 49.6 Å². The van der Waals surface area contributed by atoms with E-state index in [0.717, 1.165) is 76.9 Å². The number of morpholine rings is 1. The van der Waals surface area contributed by atoms with Crippen molar-refractivity contribution in [1.82, 2.24) is 38.5 Å². The number of rotatable bonds is 10. The molecule has 4 aliphatic heterocycles. The lowest BCUT2D eigenvalue weighted by atomic mass is 9.85. The third-order valence-electron chi connectivity index (χ3n) is 13.6. The number of aromatic nitrogens is 6. The molecule has 5 fully saturated rings. The number of fused-ring (bicyclic) bond motifs is 4. The van der Waals surface area contributed by atoms with Gasteiger partial charge in [0.05, 0.1) is 58.7 Å². The number of nitrogens with zero attached hydrogens (tertiary/aromatic N) is 8. The quantitative estimate of drug-likeness (QED) is 0.150. The number of alkyl halides is 2. The van der Waals surface area contributed by atoms with Crippen LogP contribution < -0.4 is 21.2 Å². The van der Waals surface area contributed by atoms with Crippen LogP contribution in [0.5, 0.6) is 0 Å². The fraction of sp³-hybridized carbons (Fsp3) is 0.511. The summed E-state index contributed by atoms with van der Waals surface area (Å²) in [5.74, 6) is 6.23. The molecule has 1 aromatic carbocycles. The Bertz CT molecular complexity index is 2700. The van der Waals surface area contributed by atoms with E-state index in [1.54, 1.807) is 40.7 Å². The number of likely N-dealkylation sites (tertiary alicyclic amines) is 1. The first-order chi connectivity index (χ1) is 30.6. The molecule has 5 aliphatic rings. The van der Waals surface area contributed by atoms with Crippen LogP contribution in [-0.2, 0) is 26.1 Å². The van der Waals surface area contributed by atoms with Crippen LogP contribution in [0.15, 0.2) is 53.7 Å². The zero-order valence-electron chi connectivity index (χ0n) is 35.0. The molecule has 4 saturated heterocycles. The maximum absolute atomic E-state index is 14.3. The van der Waals surface area contributed by atoms with Crippen LogP contribution in [0.2, 0.25) is 0 Å². The number of para-hydroxylation sites is 1. The van der Waals surface area contributed by atoms with Crippen molar-refractivity contribution >= 4 is 45.9 Å². The second-order valence-electron chi connectivity index (χ2n) is 17.5. The molecule has 63 heavy (non-hydrogen) atoms. The molecule has 3 amide bonds. The van der Waals surface area contributed by atoms with E-state index in [2.05, 4.69) is 37.4 Å². The Balaban J connectivity index is 0.700. The van der Waals surface area contributed by atoms with Gasteiger partial charge in [-0.2, -0.15) is 5.10 Å². The van der Waals surface area contributed by atoms with Crippen LogP contribution in [0.25, 0.3) is 16.7 Å². The van der Waals surface area contributed by atoms with Gasteiger partial charge in [0.2, 0.25) is 11.8 Å². The Morgan fingerprint density at radius 1 is 1.03 bits per heavy atom. The van der Waals surface area contributed by atoms with Crippen LogP contribution in [0, 0.1) is 17.8 Å². The van der Waals surface area contributed by atoms with Gasteiger partial charge in [-0.25, -0.2) is 18.6 Å². The number of piperidine rings is 2. The van der Waals surface area contributed by atoms with Gasteiger partial charge in [0.25, 0.3) is 12.3 Å². The standard InChI is InChI=1S/C45H50F2N10O6/c1-52-40-28(4-2-6-35(40)57(45(52)61)36-11-12-38(58)50-44(36)60)5-3-21-62-31-13-17-53(18-14-31)23-27-7-9-29(10-8-27)56-25-34(39(51-56)41(46)47)48-43(59)33-15-19-54-20-16-37(49-42(33)54)55-24-32-22-30(55)26-63-32/h2,4,6,15-16,19-20,25,27,29-32,36,41H,7-14,17-18,21-24,26H2,1H3,(H,48,59)(H,50,58,60)/t27-,29-,30-,32-,36?/m0/s1. The first-order valence-corrected chi connectivity index (χ1v) is 22.0. The number of carbonyl (C=O) groups is 3. The smallest absolute Gasteiger partial charge is 0.329 e. The van der Waals surface area contributed by atoms with Crippen molar-refractivity contribution in [3.8, 4) is 11.8 Å². The third-order valence-corrected chi connectivity index (χ3v) is 13.6. The van der Waals surface area contributed by atoms with E-state index in [1.165, 1.54) is 9.13 Å². The van der Waals surface area contributed by atoms with Crippen molar-refractivity contribution < 1.29 is 32.6 Å². The van der Waals surface area contributed by atoms with Gasteiger partial charge in [-0.3, -0.25) is 33.5 Å². The highest BCUT2D eigenvalue weighted by Crippen LogP contribution is 2.36. The van der Waals surface area contributed by atoms with Gasteiger partial charge in [0.1, 0.15) is 18.5 Å². The summed E-state index contributed by atoms with van der Waals surface area (Å²) in [6.45, 7) is 4.45. The van der Waals surface area contributed by atoms with E-state index in [4.69, 9.17) is 14.5 Å². The summed E-state index contributed by atoms with van der Waals surface area (Å²) in [4.78, 5) is 60.6. The molecule has 8 heterocycles. The normalized spacial score (nSPS) is 24.4. The lowest BCUT2D eigenvalue weighted by Gasteiger charge is -2.36. The number of anilines is 2. The zero-order valence-corrected chi connectivity index (χ0v) is 35.0. The maximum atomic E-state index is 14.3. The molecule has 1 aliphatic carbocycles. The van der Waals surface area contributed by atoms with E-state index >= 15 is 0 Å². The Hall–Kier alpha value is -5.90. The SMILES string of the molecule is Cn1c(=O)n(C2CCC(=O)NC2=O)c2cccc(C#CCOC3CCN(C[C@H]4CC[C@H](n5cc(NC(=O)c6ccn7ccc(N8C[C@@H]9C[C@H]8CO9)nc67)c(C(F)F)n5)CC4)CC3)c21. The number of aryl methyl sites for hydroxylation is 1. The number of nitrogens with one attached hydrogen (secondary N) is 2. The summed E-state index contributed by atoms with van der Waals surface area (Å²) in [6, 6.07) is 8.49. The number of hydrogen-bond donors (Lipinski definition) is 2. The molecule has 10 rings (SSSR count). The molecule has 3 atom stereocenters. The number of ether oxygens (including phenoxy) is 2. The summed E-state index contributed by atoms with van der Waals surface area (Å²) < 4.78 is 46.8. The predicted molar refractivity (Wildman–Crippen MR) is 228 cm³/mol. The summed E-state index contributed by atoms with van der Waals surface area (Å²) in [5.41, 5.74) is 1.90. The average Bonchev–Trinajstić information content (AvgIpc) is 4.13. The van der Waals surface area contributed by atoms with E-state index in [0.29, 0.717) is 40.3 Å². The molecule has 1 saturated carbocycles. The minimum Gasteiger partial charge on any atom is -0.374 e. The Morgan fingerprint density at radius 2 is 1.84 bits per heavy atom. The van der Waals surface area contributed by atoms with Gasteiger partial charge in [-0.1, -0.05) is 17.9 Å². The fourth-order valence-corrected chi connectivity index (χ4v) is 10.3. The number of halogens is 2. The van der Waals surface area contributed by atoms with Crippen molar-refractivity contribution in [1.29, 1.82) is 0 Å². The average molecular weight is 865 g/mol. The molecule has 0 spiro atoms. The molecule has 5 aromatic rings. The molecule has 4 aromatic heterocycles. The van der Waals surface area contributed by atoms with Gasteiger partial charge in [-0.15, -0.1) is 0 Å². The van der Waals surface area contributed by atoms with E-state index in [1.807, 2.05) is 24.4 Å². The van der Waals surface area contributed by atoms with Crippen LogP contribution in [-0.4, -0.2) is 109 Å². The zero-order chi connectivity index (χ0) is 43.4. The monoisotopic (exact) mass is 864 g/mol. The third kappa shape index (κ3) is 8.02. The first kappa shape index (κ1) is 41.1. The number of hydrogen-bond acceptors (Lipinski definition) is 10. The molecule has 2 N–H and O–H groups in total. The number of amides is 3. The van der Waals surface area contributed by atoms with E-state index in [9.17, 15) is 28.0 Å². The van der Waals surface area contributed by atoms with Gasteiger partial charge in [0, 0.05) is 58.2 Å². The van der Waals surface area contributed by atoms with Gasteiger partial charge < -0.3 is 29.0 Å². The molecular formula is C45H50F2N10O6. The predicted octanol–water partition coefficient (Wildman–Crippen LogP) is 4.59.